The first-order valence-electron chi connectivity index (χ1n) is 12.1. The third-order valence-electron chi connectivity index (χ3n) is 7.16. The molecule has 1 spiro atoms. The Hall–Kier alpha value is -3.99. The van der Waals surface area contributed by atoms with Gasteiger partial charge in [-0.25, -0.2) is 14.5 Å². The molecule has 0 unspecified atom stereocenters. The number of carbonyl (C=O) groups is 1. The lowest BCUT2D eigenvalue weighted by molar-refractivity contribution is 0.0828. The number of fused-ring (bicyclic) bond motifs is 1. The van der Waals surface area contributed by atoms with Crippen molar-refractivity contribution < 1.29 is 9.32 Å². The maximum absolute atomic E-state index is 13.0. The Morgan fingerprint density at radius 3 is 2.67 bits per heavy atom. The molecule has 0 aromatic carbocycles. The fourth-order valence-electron chi connectivity index (χ4n) is 5.26. The van der Waals surface area contributed by atoms with Crippen molar-refractivity contribution in [2.75, 3.05) is 50.5 Å². The van der Waals surface area contributed by atoms with Gasteiger partial charge in [-0.3, -0.25) is 4.79 Å². The minimum Gasteiger partial charge on any atom is -0.369 e. The molecule has 11 nitrogen and oxygen atoms in total. The van der Waals surface area contributed by atoms with Crippen LogP contribution in [-0.2, 0) is 0 Å². The van der Waals surface area contributed by atoms with E-state index in [1.54, 1.807) is 30.9 Å². The Labute approximate surface area is 208 Å². The second-order valence-corrected chi connectivity index (χ2v) is 10.0. The van der Waals surface area contributed by atoms with E-state index in [4.69, 9.17) is 9.62 Å². The number of amides is 1. The van der Waals surface area contributed by atoms with E-state index in [9.17, 15) is 4.79 Å². The van der Waals surface area contributed by atoms with Crippen LogP contribution in [0.15, 0.2) is 35.1 Å². The van der Waals surface area contributed by atoms with E-state index >= 15 is 0 Å². The molecule has 0 atom stereocenters. The summed E-state index contributed by atoms with van der Waals surface area (Å²) < 4.78 is 7.11. The van der Waals surface area contributed by atoms with Crippen molar-refractivity contribution in [2.24, 2.45) is 5.41 Å². The summed E-state index contributed by atoms with van der Waals surface area (Å²) in [5.41, 5.74) is 4.81. The van der Waals surface area contributed by atoms with Crippen molar-refractivity contribution in [1.29, 1.82) is 0 Å². The first-order chi connectivity index (χ1) is 17.3. The van der Waals surface area contributed by atoms with Crippen LogP contribution in [0.5, 0.6) is 0 Å². The van der Waals surface area contributed by atoms with Crippen LogP contribution in [0.4, 0.5) is 17.5 Å². The Bertz CT molecular complexity index is 1420. The highest BCUT2D eigenvalue weighted by atomic mass is 16.5. The zero-order valence-corrected chi connectivity index (χ0v) is 20.9. The quantitative estimate of drug-likeness (QED) is 0.438. The van der Waals surface area contributed by atoms with Gasteiger partial charge in [0.15, 0.2) is 0 Å². The standard InChI is InChI=1S/C25H29N9O2/c1-15-21(16(2)36-31-15)22-19(23(35)32(3)4)9-18-11-28-24(30-34(18)22)29-20-6-5-17(10-27-20)33-13-25(14-33)7-8-26-12-25/h5-6,9-11,26H,7-8,12-14H2,1-4H3,(H,27,29,30). The van der Waals surface area contributed by atoms with Gasteiger partial charge >= 0.3 is 0 Å². The summed E-state index contributed by atoms with van der Waals surface area (Å²) in [7, 11) is 3.45. The number of aryl methyl sites for hydroxylation is 2. The molecule has 2 saturated heterocycles. The van der Waals surface area contributed by atoms with E-state index in [-0.39, 0.29) is 5.91 Å². The van der Waals surface area contributed by atoms with Crippen LogP contribution < -0.4 is 15.5 Å². The van der Waals surface area contributed by atoms with Crippen molar-refractivity contribution in [3.05, 3.63) is 47.6 Å². The average molecular weight is 488 g/mol. The van der Waals surface area contributed by atoms with E-state index in [2.05, 4.69) is 36.7 Å². The first kappa shape index (κ1) is 22.5. The molecule has 0 saturated carbocycles. The van der Waals surface area contributed by atoms with Gasteiger partial charge in [0.05, 0.1) is 46.1 Å². The number of pyridine rings is 1. The highest BCUT2D eigenvalue weighted by Crippen LogP contribution is 2.39. The normalized spacial score (nSPS) is 16.5. The molecule has 11 heteroatoms. The van der Waals surface area contributed by atoms with Crippen molar-refractivity contribution in [3.8, 4) is 11.3 Å². The van der Waals surface area contributed by atoms with Crippen molar-refractivity contribution in [1.82, 2.24) is 35.0 Å². The number of carbonyl (C=O) groups excluding carboxylic acids is 1. The van der Waals surface area contributed by atoms with Gasteiger partial charge in [0.2, 0.25) is 5.95 Å². The Morgan fingerprint density at radius 1 is 1.19 bits per heavy atom. The molecular weight excluding hydrogens is 458 g/mol. The largest absolute Gasteiger partial charge is 0.369 e. The van der Waals surface area contributed by atoms with Crippen LogP contribution in [0.1, 0.15) is 28.2 Å². The van der Waals surface area contributed by atoms with Crippen LogP contribution >= 0.6 is 0 Å². The Morgan fingerprint density at radius 2 is 2.03 bits per heavy atom. The molecule has 0 bridgehead atoms. The number of hydrogen-bond donors (Lipinski definition) is 2. The Balaban J connectivity index is 1.30. The maximum atomic E-state index is 13.0. The van der Waals surface area contributed by atoms with Gasteiger partial charge in [-0.05, 0) is 45.0 Å². The third-order valence-corrected chi connectivity index (χ3v) is 7.16. The van der Waals surface area contributed by atoms with Crippen molar-refractivity contribution in [2.45, 2.75) is 20.3 Å². The van der Waals surface area contributed by atoms with Gasteiger partial charge in [-0.2, -0.15) is 0 Å². The summed E-state index contributed by atoms with van der Waals surface area (Å²) in [5.74, 6) is 1.50. The maximum Gasteiger partial charge on any atom is 0.255 e. The molecule has 6 rings (SSSR count). The van der Waals surface area contributed by atoms with Gasteiger partial charge < -0.3 is 25.0 Å². The highest BCUT2D eigenvalue weighted by molar-refractivity contribution is 6.02. The van der Waals surface area contributed by atoms with E-state index < -0.39 is 0 Å². The molecule has 186 valence electrons. The summed E-state index contributed by atoms with van der Waals surface area (Å²) in [5, 5.41) is 15.4. The van der Waals surface area contributed by atoms with Gasteiger partial charge in [-0.15, -0.1) is 5.10 Å². The number of hydrogen-bond acceptors (Lipinski definition) is 9. The van der Waals surface area contributed by atoms with Crippen LogP contribution in [-0.4, -0.2) is 75.8 Å². The van der Waals surface area contributed by atoms with Crippen LogP contribution in [0, 0.1) is 19.3 Å². The molecule has 6 heterocycles. The van der Waals surface area contributed by atoms with Crippen LogP contribution in [0.3, 0.4) is 0 Å². The second-order valence-electron chi connectivity index (χ2n) is 10.0. The molecule has 0 aliphatic carbocycles. The van der Waals surface area contributed by atoms with Crippen LogP contribution in [0.2, 0.25) is 0 Å². The number of rotatable bonds is 5. The third kappa shape index (κ3) is 3.67. The molecule has 0 radical (unpaired) electrons. The van der Waals surface area contributed by atoms with Crippen LogP contribution in [0.25, 0.3) is 16.8 Å². The predicted molar refractivity (Wildman–Crippen MR) is 136 cm³/mol. The van der Waals surface area contributed by atoms with E-state index in [1.165, 1.54) is 11.3 Å². The first-order valence-corrected chi connectivity index (χ1v) is 12.1. The summed E-state index contributed by atoms with van der Waals surface area (Å²) in [6, 6.07) is 5.80. The molecule has 2 aliphatic heterocycles. The number of aromatic nitrogens is 5. The number of anilines is 3. The topological polar surface area (TPSA) is 117 Å². The zero-order valence-electron chi connectivity index (χ0n) is 20.9. The zero-order chi connectivity index (χ0) is 25.0. The summed E-state index contributed by atoms with van der Waals surface area (Å²) >= 11 is 0. The van der Waals surface area contributed by atoms with Crippen molar-refractivity contribution in [3.63, 3.8) is 0 Å². The predicted octanol–water partition coefficient (Wildman–Crippen LogP) is 2.64. The molecule has 2 N–H and O–H groups in total. The van der Waals surface area contributed by atoms with Crippen molar-refractivity contribution >= 4 is 28.9 Å². The smallest absolute Gasteiger partial charge is 0.255 e. The molecule has 2 fully saturated rings. The molecule has 4 aromatic rings. The number of nitrogens with one attached hydrogen (secondary N) is 2. The fraction of sp³-hybridized carbons (Fsp3) is 0.400. The van der Waals surface area contributed by atoms with E-state index in [0.29, 0.717) is 45.4 Å². The SMILES string of the molecule is Cc1noc(C)c1-c1c(C(=O)N(C)C)cc2cnc(Nc3ccc(N4CC5(CCNC5)C4)cn3)nn12. The summed E-state index contributed by atoms with van der Waals surface area (Å²) in [4.78, 5) is 26.0. The Kier molecular flexibility index (Phi) is 5.18. The van der Waals surface area contributed by atoms with E-state index in [1.807, 2.05) is 26.1 Å². The number of nitrogens with zero attached hydrogens (tertiary/aromatic N) is 7. The lowest BCUT2D eigenvalue weighted by Gasteiger charge is -2.49. The second kappa shape index (κ2) is 8.30. The molecular formula is C25H29N9O2. The van der Waals surface area contributed by atoms with Gasteiger partial charge in [0, 0.05) is 39.1 Å². The monoisotopic (exact) mass is 487 g/mol. The summed E-state index contributed by atoms with van der Waals surface area (Å²) in [6.45, 7) is 8.04. The highest BCUT2D eigenvalue weighted by Gasteiger charge is 2.44. The van der Waals surface area contributed by atoms with Gasteiger partial charge in [0.1, 0.15) is 11.6 Å². The lowest BCUT2D eigenvalue weighted by atomic mass is 9.79. The molecule has 4 aromatic heterocycles. The molecule has 2 aliphatic rings. The molecule has 1 amide bonds. The minimum absolute atomic E-state index is 0.136. The lowest BCUT2D eigenvalue weighted by Crippen LogP contribution is -2.57. The van der Waals surface area contributed by atoms with Gasteiger partial charge in [0.25, 0.3) is 5.91 Å². The molecule has 36 heavy (non-hydrogen) atoms. The fourth-order valence-corrected chi connectivity index (χ4v) is 5.26. The summed E-state index contributed by atoms with van der Waals surface area (Å²) in [6.07, 6.45) is 4.81. The average Bonchev–Trinajstić information content (AvgIpc) is 3.55. The van der Waals surface area contributed by atoms with Gasteiger partial charge in [-0.1, -0.05) is 5.16 Å². The van der Waals surface area contributed by atoms with E-state index in [0.717, 1.165) is 37.4 Å². The minimum atomic E-state index is -0.136.